The molecule has 0 saturated heterocycles. The van der Waals surface area contributed by atoms with Crippen molar-refractivity contribution in [3.8, 4) is 5.75 Å². The largest absolute Gasteiger partial charge is 0.673 e. The van der Waals surface area contributed by atoms with E-state index in [0.29, 0.717) is 0 Å². The first-order chi connectivity index (χ1) is 12.4. The van der Waals surface area contributed by atoms with Crippen LogP contribution in [0.4, 0.5) is 17.3 Å². The fourth-order valence-corrected chi connectivity index (χ4v) is 5.02. The quantitative estimate of drug-likeness (QED) is 0.368. The summed E-state index contributed by atoms with van der Waals surface area (Å²) in [5, 5.41) is 4.18. The lowest BCUT2D eigenvalue weighted by Crippen LogP contribution is -2.20. The van der Waals surface area contributed by atoms with Crippen LogP contribution in [0, 0.1) is 0 Å². The van der Waals surface area contributed by atoms with Gasteiger partial charge in [0.2, 0.25) is 0 Å². The molecule has 3 aromatic carbocycles. The van der Waals surface area contributed by atoms with Crippen LogP contribution >= 0.6 is 7.92 Å². The zero-order valence-electron chi connectivity index (χ0n) is 14.1. The standard InChI is InChI=1S/C19H17OP.BF4/c1-20-16-12-14-19(15-13-16)21(17-8-4-2-5-9-17)18-10-6-3-7-11-18;2-1(3,4)5/h2-15H,1H3;/q;-1/p+1. The number of methoxy groups -OCH3 is 1. The Hall–Kier alpha value is -2.33. The fourth-order valence-electron chi connectivity index (χ4n) is 2.47. The summed E-state index contributed by atoms with van der Waals surface area (Å²) in [7, 11) is -5.25. The van der Waals surface area contributed by atoms with Gasteiger partial charge >= 0.3 is 7.25 Å². The molecule has 0 saturated carbocycles. The van der Waals surface area contributed by atoms with Crippen LogP contribution in [0.15, 0.2) is 84.9 Å². The van der Waals surface area contributed by atoms with Gasteiger partial charge in [0.1, 0.15) is 21.7 Å². The fraction of sp³-hybridized carbons (Fsp3) is 0.0526. The molecule has 0 heterocycles. The SMILES string of the molecule is COc1ccc([PH+](c2ccccc2)c2ccccc2)cc1.F[B-](F)(F)F. The summed E-state index contributed by atoms with van der Waals surface area (Å²) >= 11 is 0. The van der Waals surface area contributed by atoms with E-state index in [1.807, 2.05) is 12.1 Å². The van der Waals surface area contributed by atoms with Crippen LogP contribution in [0.3, 0.4) is 0 Å². The second kappa shape index (κ2) is 9.39. The lowest BCUT2D eigenvalue weighted by Gasteiger charge is -2.11. The van der Waals surface area contributed by atoms with Crippen LogP contribution in [0.25, 0.3) is 0 Å². The molecular weight excluding hydrogens is 362 g/mol. The maximum atomic E-state index is 9.75. The Morgan fingerprint density at radius 1 is 0.615 bits per heavy atom. The van der Waals surface area contributed by atoms with Gasteiger partial charge in [-0.05, 0) is 48.5 Å². The minimum Gasteiger partial charge on any atom is -0.497 e. The summed E-state index contributed by atoms with van der Waals surface area (Å²) in [6.45, 7) is 0. The molecule has 0 fully saturated rings. The molecule has 0 atom stereocenters. The van der Waals surface area contributed by atoms with Crippen LogP contribution in [0.2, 0.25) is 0 Å². The van der Waals surface area contributed by atoms with Gasteiger partial charge in [0.15, 0.2) is 0 Å². The number of halogens is 4. The first-order valence-electron chi connectivity index (χ1n) is 7.88. The van der Waals surface area contributed by atoms with E-state index in [4.69, 9.17) is 4.74 Å². The summed E-state index contributed by atoms with van der Waals surface area (Å²) in [5.41, 5.74) is 0. The maximum absolute atomic E-state index is 9.75. The average Bonchev–Trinajstić information content (AvgIpc) is 2.63. The van der Waals surface area contributed by atoms with Crippen molar-refractivity contribution in [3.05, 3.63) is 84.9 Å². The van der Waals surface area contributed by atoms with E-state index in [0.717, 1.165) is 5.75 Å². The van der Waals surface area contributed by atoms with E-state index >= 15 is 0 Å². The van der Waals surface area contributed by atoms with Crippen molar-refractivity contribution in [1.82, 2.24) is 0 Å². The Morgan fingerprint density at radius 3 is 1.31 bits per heavy atom. The molecule has 0 aromatic heterocycles. The molecule has 0 bridgehead atoms. The number of hydrogen-bond donors (Lipinski definition) is 0. The van der Waals surface area contributed by atoms with Crippen molar-refractivity contribution in [1.29, 1.82) is 0 Å². The lowest BCUT2D eigenvalue weighted by atomic mass is 10.3. The Kier molecular flexibility index (Phi) is 7.22. The summed E-state index contributed by atoms with van der Waals surface area (Å²) < 4.78 is 44.3. The number of rotatable bonds is 4. The predicted octanol–water partition coefficient (Wildman–Crippen LogP) is 4.49. The monoisotopic (exact) mass is 380 g/mol. The molecule has 3 aromatic rings. The van der Waals surface area contributed by atoms with E-state index in [2.05, 4.69) is 72.8 Å². The molecule has 26 heavy (non-hydrogen) atoms. The van der Waals surface area contributed by atoms with E-state index in [1.54, 1.807) is 7.11 Å². The highest BCUT2D eigenvalue weighted by Crippen LogP contribution is 2.32. The van der Waals surface area contributed by atoms with Crippen molar-refractivity contribution in [2.75, 3.05) is 7.11 Å². The second-order valence-electron chi connectivity index (χ2n) is 5.33. The molecule has 0 unspecified atom stereocenters. The lowest BCUT2D eigenvalue weighted by molar-refractivity contribution is 0.368. The van der Waals surface area contributed by atoms with Crippen LogP contribution in [0.1, 0.15) is 0 Å². The normalized spacial score (nSPS) is 10.8. The number of benzene rings is 3. The Labute approximate surface area is 151 Å². The molecule has 0 spiro atoms. The van der Waals surface area contributed by atoms with Crippen LogP contribution in [-0.2, 0) is 0 Å². The van der Waals surface area contributed by atoms with Gasteiger partial charge in [0.25, 0.3) is 0 Å². The Morgan fingerprint density at radius 2 is 0.962 bits per heavy atom. The molecule has 0 aliphatic carbocycles. The van der Waals surface area contributed by atoms with E-state index in [9.17, 15) is 17.3 Å². The van der Waals surface area contributed by atoms with Crippen molar-refractivity contribution in [2.45, 2.75) is 0 Å². The molecule has 7 heteroatoms. The Balaban J connectivity index is 0.000000431. The summed E-state index contributed by atoms with van der Waals surface area (Å²) in [5.74, 6) is 0.904. The highest BCUT2D eigenvalue weighted by Gasteiger charge is 2.24. The van der Waals surface area contributed by atoms with Crippen LogP contribution in [0.5, 0.6) is 5.75 Å². The number of ether oxygens (including phenoxy) is 1. The molecular formula is C19H18BF4OP. The maximum Gasteiger partial charge on any atom is 0.673 e. The average molecular weight is 380 g/mol. The van der Waals surface area contributed by atoms with Gasteiger partial charge in [-0.25, -0.2) is 0 Å². The first kappa shape index (κ1) is 20.0. The van der Waals surface area contributed by atoms with E-state index < -0.39 is 15.2 Å². The summed E-state index contributed by atoms with van der Waals surface area (Å²) in [6.07, 6.45) is 0. The van der Waals surface area contributed by atoms with Gasteiger partial charge in [-0.2, -0.15) is 0 Å². The third-order valence-corrected chi connectivity index (χ3v) is 6.24. The molecule has 0 aliphatic rings. The molecule has 0 aliphatic heterocycles. The zero-order chi connectivity index (χ0) is 19.0. The molecule has 0 radical (unpaired) electrons. The van der Waals surface area contributed by atoms with E-state index in [-0.39, 0.29) is 0 Å². The third kappa shape index (κ3) is 6.53. The minimum atomic E-state index is -6.00. The van der Waals surface area contributed by atoms with Gasteiger partial charge < -0.3 is 22.0 Å². The van der Waals surface area contributed by atoms with Gasteiger partial charge in [0.05, 0.1) is 15.0 Å². The van der Waals surface area contributed by atoms with Crippen molar-refractivity contribution in [3.63, 3.8) is 0 Å². The van der Waals surface area contributed by atoms with Gasteiger partial charge in [0, 0.05) is 0 Å². The highest BCUT2D eigenvalue weighted by atomic mass is 31.1. The molecule has 0 N–H and O–H groups in total. The molecule has 1 nitrogen and oxygen atoms in total. The summed E-state index contributed by atoms with van der Waals surface area (Å²) in [6, 6.07) is 30.0. The van der Waals surface area contributed by atoms with Gasteiger partial charge in [-0.1, -0.05) is 36.4 Å². The highest BCUT2D eigenvalue weighted by molar-refractivity contribution is 7.79. The molecule has 136 valence electrons. The zero-order valence-corrected chi connectivity index (χ0v) is 15.1. The smallest absolute Gasteiger partial charge is 0.497 e. The summed E-state index contributed by atoms with van der Waals surface area (Å²) in [4.78, 5) is 0. The molecule has 0 amide bonds. The first-order valence-corrected chi connectivity index (χ1v) is 9.38. The number of hydrogen-bond acceptors (Lipinski definition) is 1. The second-order valence-corrected chi connectivity index (χ2v) is 7.81. The van der Waals surface area contributed by atoms with Crippen LogP contribution in [-0.4, -0.2) is 14.4 Å². The van der Waals surface area contributed by atoms with Crippen molar-refractivity contribution in [2.24, 2.45) is 0 Å². The topological polar surface area (TPSA) is 9.23 Å². The third-order valence-electron chi connectivity index (χ3n) is 3.50. The molecule has 3 rings (SSSR count). The Bertz CT molecular complexity index is 735. The van der Waals surface area contributed by atoms with Crippen LogP contribution < -0.4 is 20.7 Å². The minimum absolute atomic E-state index is 0.904. The predicted molar refractivity (Wildman–Crippen MR) is 103 cm³/mol. The van der Waals surface area contributed by atoms with E-state index in [1.165, 1.54) is 15.9 Å². The van der Waals surface area contributed by atoms with Gasteiger partial charge in [-0.3, -0.25) is 0 Å². The van der Waals surface area contributed by atoms with Crippen molar-refractivity contribution >= 4 is 31.1 Å². The van der Waals surface area contributed by atoms with Gasteiger partial charge in [-0.15, -0.1) is 0 Å². The van der Waals surface area contributed by atoms with Crippen molar-refractivity contribution < 1.29 is 22.0 Å².